The highest BCUT2D eigenvalue weighted by molar-refractivity contribution is 5.80. The zero-order valence-corrected chi connectivity index (χ0v) is 16.9. The lowest BCUT2D eigenvalue weighted by Crippen LogP contribution is -2.42. The fraction of sp³-hybridized carbons (Fsp3) is 0.682. The maximum atomic E-state index is 5.37. The van der Waals surface area contributed by atoms with Crippen molar-refractivity contribution in [2.75, 3.05) is 51.3 Å². The number of nitrogens with one attached hydrogen (secondary N) is 1. The van der Waals surface area contributed by atoms with Gasteiger partial charge in [0.25, 0.3) is 0 Å². The number of benzene rings is 1. The van der Waals surface area contributed by atoms with E-state index in [2.05, 4.69) is 40.2 Å². The standard InChI is InChI=1S/C22H34N4O/c1-3-23-21(26-13-11-22(17-26)9-5-10-22)24-15-18-8-12-25(16-18)19-6-4-7-20(14-19)27-2/h4,6-7,14,18H,3,5,8-13,15-17H2,1-2H3,(H,23,24). The number of aliphatic imine (C=N–C) groups is 1. The van der Waals surface area contributed by atoms with Crippen molar-refractivity contribution in [3.8, 4) is 5.75 Å². The average molecular weight is 371 g/mol. The van der Waals surface area contributed by atoms with Crippen molar-refractivity contribution in [2.24, 2.45) is 16.3 Å². The number of ether oxygens (including phenoxy) is 1. The highest BCUT2D eigenvalue weighted by Crippen LogP contribution is 2.47. The molecule has 0 radical (unpaired) electrons. The van der Waals surface area contributed by atoms with Gasteiger partial charge in [0, 0.05) is 51.0 Å². The van der Waals surface area contributed by atoms with Gasteiger partial charge < -0.3 is 19.9 Å². The first-order valence-electron chi connectivity index (χ1n) is 10.6. The number of rotatable bonds is 5. The number of hydrogen-bond donors (Lipinski definition) is 1. The second-order valence-electron chi connectivity index (χ2n) is 8.52. The van der Waals surface area contributed by atoms with E-state index in [1.54, 1.807) is 7.11 Å². The minimum Gasteiger partial charge on any atom is -0.497 e. The first-order valence-corrected chi connectivity index (χ1v) is 10.6. The summed E-state index contributed by atoms with van der Waals surface area (Å²) in [4.78, 5) is 10.0. The zero-order chi connectivity index (χ0) is 18.7. The van der Waals surface area contributed by atoms with Crippen molar-refractivity contribution in [1.82, 2.24) is 10.2 Å². The Labute approximate surface area is 163 Å². The van der Waals surface area contributed by atoms with E-state index in [0.29, 0.717) is 11.3 Å². The van der Waals surface area contributed by atoms with Gasteiger partial charge in [-0.2, -0.15) is 0 Å². The van der Waals surface area contributed by atoms with E-state index in [-0.39, 0.29) is 0 Å². The molecule has 2 heterocycles. The Hall–Kier alpha value is -1.91. The first-order chi connectivity index (χ1) is 13.2. The number of likely N-dealkylation sites (tertiary alicyclic amines) is 1. The van der Waals surface area contributed by atoms with Gasteiger partial charge in [-0.15, -0.1) is 0 Å². The third kappa shape index (κ3) is 4.02. The van der Waals surface area contributed by atoms with Crippen molar-refractivity contribution < 1.29 is 4.74 Å². The monoisotopic (exact) mass is 370 g/mol. The Morgan fingerprint density at radius 3 is 2.89 bits per heavy atom. The van der Waals surface area contributed by atoms with Gasteiger partial charge in [0.15, 0.2) is 5.96 Å². The predicted octanol–water partition coefficient (Wildman–Crippen LogP) is 3.36. The van der Waals surface area contributed by atoms with Crippen molar-refractivity contribution in [1.29, 1.82) is 0 Å². The lowest BCUT2D eigenvalue weighted by molar-refractivity contribution is 0.151. The number of guanidine groups is 1. The van der Waals surface area contributed by atoms with Crippen LogP contribution in [0, 0.1) is 11.3 Å². The van der Waals surface area contributed by atoms with E-state index < -0.39 is 0 Å². The number of hydrogen-bond acceptors (Lipinski definition) is 3. The summed E-state index contributed by atoms with van der Waals surface area (Å²) in [6, 6.07) is 8.40. The number of nitrogens with zero attached hydrogens (tertiary/aromatic N) is 3. The van der Waals surface area contributed by atoms with Crippen LogP contribution >= 0.6 is 0 Å². The quantitative estimate of drug-likeness (QED) is 0.637. The Morgan fingerprint density at radius 2 is 2.19 bits per heavy atom. The molecule has 5 heteroatoms. The topological polar surface area (TPSA) is 40.1 Å². The summed E-state index contributed by atoms with van der Waals surface area (Å²) in [5.74, 6) is 2.70. The highest BCUT2D eigenvalue weighted by atomic mass is 16.5. The van der Waals surface area contributed by atoms with Gasteiger partial charge in [-0.05, 0) is 56.1 Å². The van der Waals surface area contributed by atoms with Crippen LogP contribution in [0.15, 0.2) is 29.3 Å². The normalized spacial score (nSPS) is 24.4. The maximum absolute atomic E-state index is 5.37. The highest BCUT2D eigenvalue weighted by Gasteiger charge is 2.43. The fourth-order valence-electron chi connectivity index (χ4n) is 4.87. The number of methoxy groups -OCH3 is 1. The van der Waals surface area contributed by atoms with E-state index in [9.17, 15) is 0 Å². The minimum atomic E-state index is 0.618. The van der Waals surface area contributed by atoms with Gasteiger partial charge in [0.1, 0.15) is 5.75 Å². The molecule has 5 nitrogen and oxygen atoms in total. The van der Waals surface area contributed by atoms with Crippen LogP contribution in [-0.4, -0.2) is 57.2 Å². The predicted molar refractivity (Wildman–Crippen MR) is 112 cm³/mol. The van der Waals surface area contributed by atoms with Crippen LogP contribution in [0.25, 0.3) is 0 Å². The molecule has 0 bridgehead atoms. The zero-order valence-electron chi connectivity index (χ0n) is 16.9. The molecule has 1 aromatic carbocycles. The lowest BCUT2D eigenvalue weighted by atomic mass is 9.68. The molecule has 1 aliphatic carbocycles. The molecular weight excluding hydrogens is 336 g/mol. The third-order valence-electron chi connectivity index (χ3n) is 6.69. The molecule has 0 amide bonds. The van der Waals surface area contributed by atoms with Crippen LogP contribution < -0.4 is 15.0 Å². The summed E-state index contributed by atoms with van der Waals surface area (Å²) in [5, 5.41) is 3.54. The van der Waals surface area contributed by atoms with E-state index in [4.69, 9.17) is 9.73 Å². The SMILES string of the molecule is CCNC(=NCC1CCN(c2cccc(OC)c2)C1)N1CCC2(CCC2)C1. The summed E-state index contributed by atoms with van der Waals surface area (Å²) in [5.41, 5.74) is 1.88. The molecule has 1 aromatic rings. The van der Waals surface area contributed by atoms with Crippen molar-refractivity contribution in [2.45, 2.75) is 39.0 Å². The van der Waals surface area contributed by atoms with Gasteiger partial charge in [-0.3, -0.25) is 4.99 Å². The summed E-state index contributed by atoms with van der Waals surface area (Å²) in [6.07, 6.45) is 6.82. The fourth-order valence-corrected chi connectivity index (χ4v) is 4.87. The smallest absolute Gasteiger partial charge is 0.193 e. The first kappa shape index (κ1) is 18.5. The van der Waals surface area contributed by atoms with Crippen LogP contribution in [0.5, 0.6) is 5.75 Å². The van der Waals surface area contributed by atoms with Gasteiger partial charge in [0.05, 0.1) is 7.11 Å². The second-order valence-corrected chi connectivity index (χ2v) is 8.52. The van der Waals surface area contributed by atoms with E-state index in [0.717, 1.165) is 37.9 Å². The molecule has 1 spiro atoms. The molecule has 27 heavy (non-hydrogen) atoms. The van der Waals surface area contributed by atoms with E-state index in [1.165, 1.54) is 50.9 Å². The van der Waals surface area contributed by atoms with Gasteiger partial charge in [-0.1, -0.05) is 12.5 Å². The van der Waals surface area contributed by atoms with Crippen LogP contribution in [0.1, 0.15) is 39.0 Å². The molecule has 3 aliphatic rings. The molecule has 2 aliphatic heterocycles. The Morgan fingerprint density at radius 1 is 1.30 bits per heavy atom. The Balaban J connectivity index is 1.35. The Bertz CT molecular complexity index is 670. The van der Waals surface area contributed by atoms with Crippen molar-refractivity contribution in [3.63, 3.8) is 0 Å². The van der Waals surface area contributed by atoms with E-state index >= 15 is 0 Å². The molecule has 0 aromatic heterocycles. The largest absolute Gasteiger partial charge is 0.497 e. The average Bonchev–Trinajstić information content (AvgIpc) is 3.32. The molecular formula is C22H34N4O. The van der Waals surface area contributed by atoms with Crippen LogP contribution in [0.4, 0.5) is 5.69 Å². The minimum absolute atomic E-state index is 0.618. The number of anilines is 1. The molecule has 4 rings (SSSR count). The summed E-state index contributed by atoms with van der Waals surface area (Å²) < 4.78 is 5.37. The Kier molecular flexibility index (Phi) is 5.46. The van der Waals surface area contributed by atoms with Crippen molar-refractivity contribution >= 4 is 11.6 Å². The van der Waals surface area contributed by atoms with Gasteiger partial charge >= 0.3 is 0 Å². The van der Waals surface area contributed by atoms with Gasteiger partial charge in [-0.25, -0.2) is 0 Å². The molecule has 1 unspecified atom stereocenters. The molecule has 3 fully saturated rings. The summed E-state index contributed by atoms with van der Waals surface area (Å²) in [6.45, 7) is 8.61. The summed E-state index contributed by atoms with van der Waals surface area (Å²) >= 11 is 0. The second kappa shape index (κ2) is 7.99. The molecule has 1 saturated carbocycles. The van der Waals surface area contributed by atoms with Crippen LogP contribution in [0.2, 0.25) is 0 Å². The van der Waals surface area contributed by atoms with E-state index in [1.807, 2.05) is 6.07 Å². The molecule has 2 saturated heterocycles. The molecule has 1 atom stereocenters. The summed E-state index contributed by atoms with van der Waals surface area (Å²) in [7, 11) is 1.73. The van der Waals surface area contributed by atoms with Crippen LogP contribution in [0.3, 0.4) is 0 Å². The maximum Gasteiger partial charge on any atom is 0.193 e. The molecule has 1 N–H and O–H groups in total. The lowest BCUT2D eigenvalue weighted by Gasteiger charge is -2.38. The van der Waals surface area contributed by atoms with Crippen molar-refractivity contribution in [3.05, 3.63) is 24.3 Å². The molecule has 148 valence electrons. The van der Waals surface area contributed by atoms with Crippen LogP contribution in [-0.2, 0) is 0 Å². The third-order valence-corrected chi connectivity index (χ3v) is 6.69. The van der Waals surface area contributed by atoms with Gasteiger partial charge in [0.2, 0.25) is 0 Å².